The highest BCUT2D eigenvalue weighted by Crippen LogP contribution is 2.22. The molecule has 0 aliphatic heterocycles. The largest absolute Gasteiger partial charge is 0.497 e. The summed E-state index contributed by atoms with van der Waals surface area (Å²) in [5.74, 6) is -0.448. The number of nitrogens with one attached hydrogen (secondary N) is 2. The number of carbonyl (C=O) groups is 1. The van der Waals surface area contributed by atoms with E-state index in [4.69, 9.17) is 4.74 Å². The molecule has 1 atom stereocenters. The summed E-state index contributed by atoms with van der Waals surface area (Å²) in [6.45, 7) is 3.52. The smallest absolute Gasteiger partial charge is 0.242 e. The number of halogens is 1. The minimum Gasteiger partial charge on any atom is -0.497 e. The standard InChI is InChI=1S/C24H25FN2O4S/c1-16(2)23(24(28)26-20-10-12-21(31-3)13-11-20)27-32(29,30)22-14-6-18(7-15-22)17-4-8-19(25)9-5-17/h4-16,23,27H,1-3H3,(H,26,28)/t23-/m1/s1. The maximum absolute atomic E-state index is 13.1. The summed E-state index contributed by atoms with van der Waals surface area (Å²) in [4.78, 5) is 12.8. The van der Waals surface area contributed by atoms with Crippen molar-refractivity contribution in [3.05, 3.63) is 78.6 Å². The molecule has 3 rings (SSSR count). The van der Waals surface area contributed by atoms with E-state index in [-0.39, 0.29) is 16.6 Å². The summed E-state index contributed by atoms with van der Waals surface area (Å²) in [7, 11) is -2.40. The Morgan fingerprint density at radius 1 is 0.875 bits per heavy atom. The van der Waals surface area contributed by atoms with Gasteiger partial charge in [0, 0.05) is 5.69 Å². The third kappa shape index (κ3) is 5.72. The Labute approximate surface area is 187 Å². The van der Waals surface area contributed by atoms with Crippen molar-refractivity contribution in [2.45, 2.75) is 24.8 Å². The summed E-state index contributed by atoms with van der Waals surface area (Å²) in [5.41, 5.74) is 2.05. The first-order valence-corrected chi connectivity index (χ1v) is 11.5. The van der Waals surface area contributed by atoms with E-state index in [9.17, 15) is 17.6 Å². The number of anilines is 1. The lowest BCUT2D eigenvalue weighted by Crippen LogP contribution is -2.47. The van der Waals surface area contributed by atoms with E-state index >= 15 is 0 Å². The number of sulfonamides is 1. The predicted octanol–water partition coefficient (Wildman–Crippen LogP) is 4.44. The van der Waals surface area contributed by atoms with Gasteiger partial charge in [0.1, 0.15) is 17.6 Å². The highest BCUT2D eigenvalue weighted by Gasteiger charge is 2.28. The van der Waals surface area contributed by atoms with Crippen molar-refractivity contribution < 1.29 is 22.3 Å². The molecule has 0 saturated heterocycles. The number of amides is 1. The zero-order valence-corrected chi connectivity index (χ0v) is 18.8. The highest BCUT2D eigenvalue weighted by molar-refractivity contribution is 7.89. The fourth-order valence-corrected chi connectivity index (χ4v) is 4.43. The van der Waals surface area contributed by atoms with Gasteiger partial charge in [0.15, 0.2) is 0 Å². The molecule has 3 aromatic carbocycles. The van der Waals surface area contributed by atoms with Gasteiger partial charge in [-0.1, -0.05) is 38.1 Å². The van der Waals surface area contributed by atoms with Crippen LogP contribution in [0.2, 0.25) is 0 Å². The van der Waals surface area contributed by atoms with Crippen LogP contribution >= 0.6 is 0 Å². The third-order valence-electron chi connectivity index (χ3n) is 4.93. The molecule has 32 heavy (non-hydrogen) atoms. The predicted molar refractivity (Wildman–Crippen MR) is 122 cm³/mol. The van der Waals surface area contributed by atoms with Gasteiger partial charge in [-0.15, -0.1) is 0 Å². The van der Waals surface area contributed by atoms with E-state index in [1.54, 1.807) is 69.5 Å². The molecule has 0 aromatic heterocycles. The molecule has 2 N–H and O–H groups in total. The van der Waals surface area contributed by atoms with Crippen molar-refractivity contribution in [1.29, 1.82) is 0 Å². The minimum absolute atomic E-state index is 0.0336. The molecule has 0 radical (unpaired) electrons. The third-order valence-corrected chi connectivity index (χ3v) is 6.39. The first-order valence-electron chi connectivity index (χ1n) is 10.0. The van der Waals surface area contributed by atoms with Crippen molar-refractivity contribution in [2.24, 2.45) is 5.92 Å². The van der Waals surface area contributed by atoms with Gasteiger partial charge < -0.3 is 10.1 Å². The van der Waals surface area contributed by atoms with Crippen LogP contribution in [0, 0.1) is 11.7 Å². The lowest BCUT2D eigenvalue weighted by Gasteiger charge is -2.22. The van der Waals surface area contributed by atoms with E-state index in [1.807, 2.05) is 0 Å². The molecule has 0 aliphatic rings. The molecule has 0 aliphatic carbocycles. The van der Waals surface area contributed by atoms with Crippen LogP contribution in [0.5, 0.6) is 5.75 Å². The van der Waals surface area contributed by atoms with Gasteiger partial charge in [-0.05, 0) is 65.6 Å². The molecule has 0 bridgehead atoms. The number of benzene rings is 3. The van der Waals surface area contributed by atoms with Gasteiger partial charge in [-0.3, -0.25) is 4.79 Å². The van der Waals surface area contributed by atoms with Crippen molar-refractivity contribution in [3.8, 4) is 16.9 Å². The maximum atomic E-state index is 13.1. The first-order chi connectivity index (χ1) is 15.2. The summed E-state index contributed by atoms with van der Waals surface area (Å²) in [6, 6.07) is 17.9. The monoisotopic (exact) mass is 456 g/mol. The van der Waals surface area contributed by atoms with Gasteiger partial charge in [0.25, 0.3) is 0 Å². The number of methoxy groups -OCH3 is 1. The second-order valence-electron chi connectivity index (χ2n) is 7.59. The Balaban J connectivity index is 1.75. The van der Waals surface area contributed by atoms with Gasteiger partial charge in [-0.2, -0.15) is 4.72 Å². The normalized spacial score (nSPS) is 12.4. The molecule has 0 spiro atoms. The van der Waals surface area contributed by atoms with Gasteiger partial charge in [0.2, 0.25) is 15.9 Å². The molecule has 8 heteroatoms. The zero-order valence-electron chi connectivity index (χ0n) is 18.0. The maximum Gasteiger partial charge on any atom is 0.242 e. The molecule has 6 nitrogen and oxygen atoms in total. The van der Waals surface area contributed by atoms with Gasteiger partial charge in [0.05, 0.1) is 12.0 Å². The van der Waals surface area contributed by atoms with Crippen LogP contribution in [0.1, 0.15) is 13.8 Å². The van der Waals surface area contributed by atoms with Gasteiger partial charge >= 0.3 is 0 Å². The number of hydrogen-bond acceptors (Lipinski definition) is 4. The second-order valence-corrected chi connectivity index (χ2v) is 9.31. The molecule has 0 unspecified atom stereocenters. The summed E-state index contributed by atoms with van der Waals surface area (Å²) < 4.78 is 46.6. The Kier molecular flexibility index (Phi) is 7.27. The molecule has 168 valence electrons. The second kappa shape index (κ2) is 9.93. The molecule has 1 amide bonds. The Hall–Kier alpha value is -3.23. The summed E-state index contributed by atoms with van der Waals surface area (Å²) in [5, 5.41) is 2.73. The number of carbonyl (C=O) groups excluding carboxylic acids is 1. The van der Waals surface area contributed by atoms with Crippen molar-refractivity contribution >= 4 is 21.6 Å². The zero-order chi connectivity index (χ0) is 23.3. The molecule has 0 saturated carbocycles. The first kappa shape index (κ1) is 23.4. The lowest BCUT2D eigenvalue weighted by atomic mass is 10.0. The molecule has 0 fully saturated rings. The topological polar surface area (TPSA) is 84.5 Å². The minimum atomic E-state index is -3.95. The van der Waals surface area contributed by atoms with E-state index in [0.29, 0.717) is 11.4 Å². The van der Waals surface area contributed by atoms with Crippen LogP contribution in [-0.4, -0.2) is 27.5 Å². The highest BCUT2D eigenvalue weighted by atomic mass is 32.2. The van der Waals surface area contributed by atoms with Crippen LogP contribution in [0.15, 0.2) is 77.7 Å². The van der Waals surface area contributed by atoms with Crippen molar-refractivity contribution in [3.63, 3.8) is 0 Å². The SMILES string of the molecule is COc1ccc(NC(=O)[C@H](NS(=O)(=O)c2ccc(-c3ccc(F)cc3)cc2)C(C)C)cc1. The quantitative estimate of drug-likeness (QED) is 0.525. The van der Waals surface area contributed by atoms with Crippen molar-refractivity contribution in [1.82, 2.24) is 4.72 Å². The Morgan fingerprint density at radius 3 is 1.91 bits per heavy atom. The van der Waals surface area contributed by atoms with Crippen LogP contribution in [0.25, 0.3) is 11.1 Å². The van der Waals surface area contributed by atoms with Crippen molar-refractivity contribution in [2.75, 3.05) is 12.4 Å². The number of rotatable bonds is 8. The number of hydrogen-bond donors (Lipinski definition) is 2. The average Bonchev–Trinajstić information content (AvgIpc) is 2.78. The van der Waals surface area contributed by atoms with Crippen LogP contribution in [0.3, 0.4) is 0 Å². The molecular formula is C24H25FN2O4S. The average molecular weight is 457 g/mol. The Bertz CT molecular complexity index is 1160. The van der Waals surface area contributed by atoms with E-state index in [0.717, 1.165) is 11.1 Å². The summed E-state index contributed by atoms with van der Waals surface area (Å²) >= 11 is 0. The van der Waals surface area contributed by atoms with E-state index in [2.05, 4.69) is 10.0 Å². The Morgan fingerprint density at radius 2 is 1.41 bits per heavy atom. The van der Waals surface area contributed by atoms with Crippen LogP contribution in [0.4, 0.5) is 10.1 Å². The molecule has 0 heterocycles. The number of ether oxygens (including phenoxy) is 1. The molecular weight excluding hydrogens is 431 g/mol. The lowest BCUT2D eigenvalue weighted by molar-refractivity contribution is -0.118. The van der Waals surface area contributed by atoms with E-state index < -0.39 is 22.0 Å². The van der Waals surface area contributed by atoms with Crippen LogP contribution < -0.4 is 14.8 Å². The summed E-state index contributed by atoms with van der Waals surface area (Å²) in [6.07, 6.45) is 0. The van der Waals surface area contributed by atoms with E-state index in [1.165, 1.54) is 24.3 Å². The van der Waals surface area contributed by atoms with Gasteiger partial charge in [-0.25, -0.2) is 12.8 Å². The fraction of sp³-hybridized carbons (Fsp3) is 0.208. The fourth-order valence-electron chi connectivity index (χ4n) is 3.09. The van der Waals surface area contributed by atoms with Crippen LogP contribution in [-0.2, 0) is 14.8 Å². The molecule has 3 aromatic rings.